The molecule has 390 valence electrons. The number of rotatable bonds is 19. The van der Waals surface area contributed by atoms with Gasteiger partial charge in [0.1, 0.15) is 0 Å². The largest absolute Gasteiger partial charge is 0.355 e. The highest BCUT2D eigenvalue weighted by Crippen LogP contribution is 2.43. The molecule has 2 aliphatic rings. The van der Waals surface area contributed by atoms with Gasteiger partial charge in [-0.05, 0) is 217 Å². The Morgan fingerprint density at radius 3 is 1.24 bits per heavy atom. The van der Waals surface area contributed by atoms with Crippen molar-refractivity contribution in [3.05, 3.63) is 132 Å². The maximum absolute atomic E-state index is 5.62. The molecular weight excluding hydrogens is 963 g/mol. The van der Waals surface area contributed by atoms with Gasteiger partial charge in [0.05, 0.1) is 38.1 Å². The van der Waals surface area contributed by atoms with Gasteiger partial charge >= 0.3 is 0 Å². The lowest BCUT2D eigenvalue weighted by molar-refractivity contribution is 0.666. The van der Waals surface area contributed by atoms with Crippen LogP contribution in [0.15, 0.2) is 54.9 Å². The molecule has 8 bridgehead atoms. The fraction of sp³-hybridized carbons (Fsp3) is 0.406. The number of aromatic nitrogens is 5. The third kappa shape index (κ3) is 12.3. The molecule has 0 atom stereocenters. The van der Waals surface area contributed by atoms with Crippen LogP contribution in [0.25, 0.3) is 54.1 Å². The van der Waals surface area contributed by atoms with Gasteiger partial charge in [0.2, 0.25) is 0 Å². The summed E-state index contributed by atoms with van der Waals surface area (Å²) in [6, 6.07) is 15.5. The number of thiophene rings is 2. The summed E-state index contributed by atoms with van der Waals surface area (Å²) in [5.41, 5.74) is 23.6. The van der Waals surface area contributed by atoms with E-state index in [1.54, 1.807) is 23.7 Å². The van der Waals surface area contributed by atoms with Crippen molar-refractivity contribution in [1.82, 2.24) is 24.9 Å². The second-order valence-corrected chi connectivity index (χ2v) is 22.0. The van der Waals surface area contributed by atoms with Crippen molar-refractivity contribution in [2.24, 2.45) is 0 Å². The van der Waals surface area contributed by atoms with Crippen LogP contribution in [-0.4, -0.2) is 24.9 Å². The number of unbranched alkanes of at least 4 members (excludes halogenated alkanes) is 6. The fourth-order valence-corrected chi connectivity index (χ4v) is 13.7. The summed E-state index contributed by atoms with van der Waals surface area (Å²) >= 11 is 3.62. The summed E-state index contributed by atoms with van der Waals surface area (Å²) < 4.78 is 0. The standard InChI is InChI=1S/C69H77N5S2/c1-11-21-23-25-32-47-41-49(34-28-27-31-46-37-39-70-40-38-46)75-68(47)69-48(33-26-24-22-12-2)42-50(76-69)35-29-30-36-59-66-57(19-9)55(17-7)64(73-66)44-62-53(15-5)51(13-3)60(71-62)43-61-52(14-4)54(16-6)63(72-61)45-65-56(18-8)58(20-10)67(59)74-65/h37-45,71-72H,11-26,32-33H2,1-10H3. The first-order valence-electron chi connectivity index (χ1n) is 28.7. The summed E-state index contributed by atoms with van der Waals surface area (Å²) in [5.74, 6) is 26.9. The van der Waals surface area contributed by atoms with E-state index in [4.69, 9.17) is 9.97 Å². The molecule has 0 aliphatic carbocycles. The Balaban J connectivity index is 1.32. The lowest BCUT2D eigenvalue weighted by Crippen LogP contribution is -1.95. The molecular formula is C69H77N5S2. The molecule has 0 unspecified atom stereocenters. The van der Waals surface area contributed by atoms with Crippen molar-refractivity contribution in [2.75, 3.05) is 0 Å². The normalized spacial score (nSPS) is 12.0. The number of pyridine rings is 1. The first-order valence-corrected chi connectivity index (χ1v) is 30.3. The van der Waals surface area contributed by atoms with E-state index < -0.39 is 0 Å². The Kier molecular flexibility index (Phi) is 19.7. The van der Waals surface area contributed by atoms with Gasteiger partial charge in [0, 0.05) is 49.8 Å². The van der Waals surface area contributed by atoms with E-state index in [0.717, 1.165) is 132 Å². The van der Waals surface area contributed by atoms with Gasteiger partial charge in [0.25, 0.3) is 0 Å². The van der Waals surface area contributed by atoms with Gasteiger partial charge in [-0.15, -0.1) is 22.7 Å². The van der Waals surface area contributed by atoms with Crippen molar-refractivity contribution < 1.29 is 0 Å². The first-order chi connectivity index (χ1) is 37.3. The SMILES string of the molecule is CCCCCCc1cc(C#CC#Cc2ccncc2)sc1-c1sc(C#CC#Cc2c3nc(cc4[nH]c(cc5[nH]c(cc6nc2C(CC)=C6CC)c(CC)c5CC)c(CC)c4CC)C(CC)=C3CC)cc1CCCCCC. The Hall–Kier alpha value is -6.61. The van der Waals surface area contributed by atoms with Crippen LogP contribution in [0.1, 0.15) is 223 Å². The lowest BCUT2D eigenvalue weighted by atomic mass is 9.94. The van der Waals surface area contributed by atoms with E-state index in [0.29, 0.717) is 0 Å². The van der Waals surface area contributed by atoms with E-state index in [1.807, 2.05) is 23.5 Å². The number of hydrogen-bond acceptors (Lipinski definition) is 5. The van der Waals surface area contributed by atoms with Crippen LogP contribution in [0, 0.1) is 47.4 Å². The quantitative estimate of drug-likeness (QED) is 0.0627. The van der Waals surface area contributed by atoms with Crippen molar-refractivity contribution in [2.45, 2.75) is 185 Å². The Morgan fingerprint density at radius 1 is 0.421 bits per heavy atom. The summed E-state index contributed by atoms with van der Waals surface area (Å²) in [6.07, 6.45) is 22.4. The lowest BCUT2D eigenvalue weighted by Gasteiger charge is -2.08. The number of fused-ring (bicyclic) bond motifs is 8. The van der Waals surface area contributed by atoms with Gasteiger partial charge in [-0.3, -0.25) is 4.98 Å². The van der Waals surface area contributed by atoms with Gasteiger partial charge in [0.15, 0.2) is 0 Å². The molecule has 6 aromatic heterocycles. The summed E-state index contributed by atoms with van der Waals surface area (Å²) in [5, 5.41) is 0. The summed E-state index contributed by atoms with van der Waals surface area (Å²) in [7, 11) is 0. The second kappa shape index (κ2) is 26.9. The molecule has 2 N–H and O–H groups in total. The zero-order chi connectivity index (χ0) is 53.6. The van der Waals surface area contributed by atoms with Crippen LogP contribution < -0.4 is 0 Å². The number of aromatic amines is 2. The van der Waals surface area contributed by atoms with Gasteiger partial charge in [-0.1, -0.05) is 114 Å². The minimum Gasteiger partial charge on any atom is -0.355 e. The van der Waals surface area contributed by atoms with Crippen molar-refractivity contribution in [3.8, 4) is 57.1 Å². The topological polar surface area (TPSA) is 70.2 Å². The molecule has 0 amide bonds. The molecule has 0 aromatic carbocycles. The summed E-state index contributed by atoms with van der Waals surface area (Å²) in [6.45, 7) is 22.7. The number of allylic oxidation sites excluding steroid dienone is 4. The Labute approximate surface area is 463 Å². The molecule has 0 radical (unpaired) electrons. The molecule has 5 nitrogen and oxygen atoms in total. The van der Waals surface area contributed by atoms with Crippen molar-refractivity contribution in [1.29, 1.82) is 0 Å². The maximum Gasteiger partial charge on any atom is 0.0851 e. The predicted octanol–water partition coefficient (Wildman–Crippen LogP) is 18.3. The fourth-order valence-electron chi connectivity index (χ4n) is 11.3. The molecule has 8 heterocycles. The first kappa shape index (κ1) is 55.6. The zero-order valence-corrected chi connectivity index (χ0v) is 48.7. The molecule has 6 aromatic rings. The number of H-pyrrole nitrogens is 2. The average Bonchev–Trinajstić information content (AvgIpc) is 4.31. The molecule has 2 aliphatic heterocycles. The van der Waals surface area contributed by atoms with Crippen LogP contribution >= 0.6 is 22.7 Å². The average molecular weight is 1040 g/mol. The predicted molar refractivity (Wildman–Crippen MR) is 328 cm³/mol. The van der Waals surface area contributed by atoms with Crippen molar-refractivity contribution in [3.63, 3.8) is 0 Å². The van der Waals surface area contributed by atoms with E-state index in [9.17, 15) is 0 Å². The highest BCUT2D eigenvalue weighted by molar-refractivity contribution is 7.23. The smallest absolute Gasteiger partial charge is 0.0851 e. The number of nitrogens with zero attached hydrogens (tertiary/aromatic N) is 3. The van der Waals surface area contributed by atoms with E-state index in [2.05, 4.69) is 162 Å². The molecule has 7 heteroatoms. The minimum absolute atomic E-state index is 0.835. The van der Waals surface area contributed by atoms with E-state index in [1.165, 1.54) is 115 Å². The van der Waals surface area contributed by atoms with Crippen LogP contribution in [0.4, 0.5) is 0 Å². The van der Waals surface area contributed by atoms with Crippen molar-refractivity contribution >= 4 is 67.0 Å². The zero-order valence-electron chi connectivity index (χ0n) is 47.1. The summed E-state index contributed by atoms with van der Waals surface area (Å²) in [4.78, 5) is 28.0. The molecule has 0 fully saturated rings. The van der Waals surface area contributed by atoms with E-state index in [-0.39, 0.29) is 0 Å². The monoisotopic (exact) mass is 1040 g/mol. The third-order valence-electron chi connectivity index (χ3n) is 15.1. The Bertz CT molecular complexity index is 3450. The van der Waals surface area contributed by atoms with Gasteiger partial charge in [-0.25, -0.2) is 9.97 Å². The number of aryl methyl sites for hydroxylation is 6. The highest BCUT2D eigenvalue weighted by Gasteiger charge is 2.27. The van der Waals surface area contributed by atoms with Crippen LogP contribution in [0.2, 0.25) is 0 Å². The van der Waals surface area contributed by atoms with Gasteiger partial charge < -0.3 is 9.97 Å². The minimum atomic E-state index is 0.835. The third-order valence-corrected chi connectivity index (χ3v) is 17.4. The molecule has 76 heavy (non-hydrogen) atoms. The second-order valence-electron chi connectivity index (χ2n) is 19.8. The molecule has 0 saturated carbocycles. The maximum atomic E-state index is 5.62. The highest BCUT2D eigenvalue weighted by atomic mass is 32.1. The van der Waals surface area contributed by atoms with Crippen LogP contribution in [-0.2, 0) is 38.5 Å². The van der Waals surface area contributed by atoms with E-state index >= 15 is 0 Å². The molecule has 8 rings (SSSR count). The van der Waals surface area contributed by atoms with Gasteiger partial charge in [-0.2, -0.15) is 0 Å². The number of hydrogen-bond donors (Lipinski definition) is 2. The van der Waals surface area contributed by atoms with Crippen LogP contribution in [0.5, 0.6) is 0 Å². The molecule has 0 saturated heterocycles. The Morgan fingerprint density at radius 2 is 0.829 bits per heavy atom. The molecule has 0 spiro atoms. The van der Waals surface area contributed by atoms with Crippen LogP contribution in [0.3, 0.4) is 0 Å². The number of nitrogens with one attached hydrogen (secondary N) is 2.